The first-order valence-electron chi connectivity index (χ1n) is 6.24. The zero-order valence-corrected chi connectivity index (χ0v) is 15.5. The maximum Gasteiger partial charge on any atom is 0.179 e. The Morgan fingerprint density at radius 1 is 0.778 bits per heavy atom. The number of hydrogen-bond donors (Lipinski definition) is 1. The minimum Gasteiger partial charge on any atom is -0.251 e. The molecule has 0 heterocycles. The van der Waals surface area contributed by atoms with Crippen molar-refractivity contribution in [3.05, 3.63) is 0 Å². The molecule has 18 heavy (non-hydrogen) atoms. The molecular weight excluding hydrogens is 263 g/mol. The fourth-order valence-electron chi connectivity index (χ4n) is 2.73. The van der Waals surface area contributed by atoms with Gasteiger partial charge in [-0.25, -0.2) is 4.67 Å². The predicted octanol–water partition coefficient (Wildman–Crippen LogP) is 3.80. The second-order valence-corrected chi connectivity index (χ2v) is 10.8. The summed E-state index contributed by atoms with van der Waals surface area (Å²) >= 11 is 4.33. The van der Waals surface area contributed by atoms with Gasteiger partial charge in [0.1, 0.15) is 0 Å². The maximum absolute atomic E-state index is 4.54. The van der Waals surface area contributed by atoms with E-state index in [-0.39, 0.29) is 11.1 Å². The molecule has 0 aliphatic carbocycles. The van der Waals surface area contributed by atoms with Gasteiger partial charge in [0.25, 0.3) is 0 Å². The third-order valence-corrected chi connectivity index (χ3v) is 7.58. The lowest BCUT2D eigenvalue weighted by molar-refractivity contribution is 0.128. The highest BCUT2D eigenvalue weighted by Gasteiger charge is 2.45. The maximum atomic E-state index is 4.54. The summed E-state index contributed by atoms with van der Waals surface area (Å²) in [6, 6.07) is 0. The monoisotopic (exact) mass is 294 g/mol. The third kappa shape index (κ3) is 3.51. The Kier molecular flexibility index (Phi) is 5.99. The Balaban J connectivity index is 6.17. The van der Waals surface area contributed by atoms with E-state index in [4.69, 9.17) is 0 Å². The Labute approximate surface area is 119 Å². The van der Waals surface area contributed by atoms with Crippen LogP contribution in [0, 0.1) is 0 Å². The first-order chi connectivity index (χ1) is 7.81. The molecule has 0 saturated heterocycles. The topological polar surface area (TPSA) is 22.1 Å². The van der Waals surface area contributed by atoms with Gasteiger partial charge in [-0.1, -0.05) is 0 Å². The van der Waals surface area contributed by atoms with E-state index in [9.17, 15) is 0 Å². The molecule has 0 fully saturated rings. The van der Waals surface area contributed by atoms with Gasteiger partial charge >= 0.3 is 0 Å². The van der Waals surface area contributed by atoms with Crippen LogP contribution in [0.3, 0.4) is 0 Å². The molecule has 0 aliphatic rings. The average Bonchev–Trinajstić information content (AvgIpc) is 2.08. The number of thiol groups is 1. The Bertz CT molecular complexity index is 300. The van der Waals surface area contributed by atoms with Gasteiger partial charge in [-0.2, -0.15) is 4.15 Å². The molecule has 6 heteroatoms. The van der Waals surface area contributed by atoms with Crippen molar-refractivity contribution in [2.24, 2.45) is 4.15 Å². The predicted molar refractivity (Wildman–Crippen MR) is 87.1 cm³/mol. The number of nitrogens with zero attached hydrogens (tertiary/aromatic N) is 4. The quantitative estimate of drug-likeness (QED) is 0.632. The first-order valence-corrected chi connectivity index (χ1v) is 8.24. The minimum absolute atomic E-state index is 0.00674. The lowest BCUT2D eigenvalue weighted by Gasteiger charge is -2.55. The molecule has 0 spiro atoms. The van der Waals surface area contributed by atoms with E-state index >= 15 is 0 Å². The second-order valence-electron chi connectivity index (χ2n) is 6.97. The zero-order valence-electron chi connectivity index (χ0n) is 13.7. The van der Waals surface area contributed by atoms with Crippen molar-refractivity contribution >= 4 is 20.3 Å². The Hall–Kier alpha value is 0.460. The summed E-state index contributed by atoms with van der Waals surface area (Å²) in [5.74, 6) is 0. The van der Waals surface area contributed by atoms with Crippen LogP contribution in [-0.2, 0) is 0 Å². The molecule has 0 aromatic heterocycles. The molecule has 4 nitrogen and oxygen atoms in total. The van der Waals surface area contributed by atoms with Crippen LogP contribution in [0.15, 0.2) is 4.15 Å². The van der Waals surface area contributed by atoms with Gasteiger partial charge in [0.15, 0.2) is 7.51 Å². The SMILES string of the molecule is CN(C)P(=NS)(N(C)C)N(C(C)(C)C)C(C)(C)C. The summed E-state index contributed by atoms with van der Waals surface area (Å²) in [5.41, 5.74) is 0.0135. The van der Waals surface area contributed by atoms with Crippen LogP contribution in [0.5, 0.6) is 0 Å². The Morgan fingerprint density at radius 3 is 1.11 bits per heavy atom. The highest BCUT2D eigenvalue weighted by molar-refractivity contribution is 7.84. The summed E-state index contributed by atoms with van der Waals surface area (Å²) < 4.78 is 11.4. The van der Waals surface area contributed by atoms with E-state index < -0.39 is 7.51 Å². The van der Waals surface area contributed by atoms with E-state index in [1.807, 2.05) is 0 Å². The fraction of sp³-hybridized carbons (Fsp3) is 1.00. The van der Waals surface area contributed by atoms with Crippen molar-refractivity contribution in [3.63, 3.8) is 0 Å². The van der Waals surface area contributed by atoms with Crippen molar-refractivity contribution in [2.45, 2.75) is 52.6 Å². The van der Waals surface area contributed by atoms with Gasteiger partial charge in [0.05, 0.1) is 0 Å². The van der Waals surface area contributed by atoms with Crippen LogP contribution in [0.2, 0.25) is 0 Å². The van der Waals surface area contributed by atoms with Crippen LogP contribution in [0.4, 0.5) is 0 Å². The van der Waals surface area contributed by atoms with Crippen LogP contribution >= 0.6 is 20.3 Å². The van der Waals surface area contributed by atoms with Gasteiger partial charge in [-0.3, -0.25) is 9.34 Å². The second kappa shape index (κ2) is 5.84. The minimum atomic E-state index is -1.98. The molecule has 0 N–H and O–H groups in total. The van der Waals surface area contributed by atoms with Crippen molar-refractivity contribution in [1.82, 2.24) is 14.0 Å². The number of rotatable bonds is 3. The summed E-state index contributed by atoms with van der Waals surface area (Å²) in [4.78, 5) is 0. The molecule has 0 aromatic rings. The van der Waals surface area contributed by atoms with Gasteiger partial charge in [0, 0.05) is 11.1 Å². The highest BCUT2D eigenvalue weighted by Crippen LogP contribution is 2.62. The molecule has 0 unspecified atom stereocenters. The molecule has 0 aromatic carbocycles. The molecule has 0 saturated carbocycles. The van der Waals surface area contributed by atoms with Crippen LogP contribution in [-0.4, -0.2) is 53.3 Å². The van der Waals surface area contributed by atoms with E-state index in [0.29, 0.717) is 0 Å². The smallest absolute Gasteiger partial charge is 0.179 e. The zero-order chi connectivity index (χ0) is 14.9. The molecular formula is C12H31N4PS. The fourth-order valence-corrected chi connectivity index (χ4v) is 7.37. The van der Waals surface area contributed by atoms with E-state index in [2.05, 4.69) is 101 Å². The van der Waals surface area contributed by atoms with Gasteiger partial charge < -0.3 is 0 Å². The lowest BCUT2D eigenvalue weighted by atomic mass is 10.0. The summed E-state index contributed by atoms with van der Waals surface area (Å²) in [7, 11) is 6.34. The number of hydrogen-bond acceptors (Lipinski definition) is 1. The molecule has 0 radical (unpaired) electrons. The lowest BCUT2D eigenvalue weighted by Crippen LogP contribution is -2.54. The van der Waals surface area contributed by atoms with Crippen molar-refractivity contribution in [3.8, 4) is 0 Å². The standard InChI is InChI=1S/C12H31N4PS/c1-11(2,3)16(12(4,5)6)17(13-18,14(7)8)15(9)10/h18H,1-10H3. The molecule has 0 amide bonds. The van der Waals surface area contributed by atoms with Crippen molar-refractivity contribution in [2.75, 3.05) is 28.2 Å². The molecule has 110 valence electrons. The third-order valence-electron chi connectivity index (χ3n) is 2.73. The normalized spacial score (nSPS) is 14.8. The summed E-state index contributed by atoms with van der Waals surface area (Å²) in [6.07, 6.45) is 0. The molecule has 0 bridgehead atoms. The van der Waals surface area contributed by atoms with Crippen LogP contribution < -0.4 is 0 Å². The van der Waals surface area contributed by atoms with Crippen LogP contribution in [0.1, 0.15) is 41.5 Å². The molecule has 0 atom stereocenters. The highest BCUT2D eigenvalue weighted by atomic mass is 32.1. The van der Waals surface area contributed by atoms with Gasteiger partial charge in [0.2, 0.25) is 0 Å². The van der Waals surface area contributed by atoms with Crippen molar-refractivity contribution < 1.29 is 0 Å². The average molecular weight is 294 g/mol. The largest absolute Gasteiger partial charge is 0.251 e. The van der Waals surface area contributed by atoms with E-state index in [1.54, 1.807) is 0 Å². The van der Waals surface area contributed by atoms with Gasteiger partial charge in [-0.05, 0) is 82.5 Å². The Morgan fingerprint density at radius 2 is 1.06 bits per heavy atom. The van der Waals surface area contributed by atoms with E-state index in [0.717, 1.165) is 0 Å². The van der Waals surface area contributed by atoms with Crippen LogP contribution in [0.25, 0.3) is 0 Å². The summed E-state index contributed by atoms with van der Waals surface area (Å²) in [5, 5.41) is 0. The van der Waals surface area contributed by atoms with Crippen molar-refractivity contribution in [1.29, 1.82) is 0 Å². The summed E-state index contributed by atoms with van der Waals surface area (Å²) in [6.45, 7) is 13.4. The molecule has 0 aliphatic heterocycles. The molecule has 0 rings (SSSR count). The van der Waals surface area contributed by atoms with E-state index in [1.165, 1.54) is 0 Å². The van der Waals surface area contributed by atoms with Gasteiger partial charge in [-0.15, -0.1) is 0 Å². The first kappa shape index (κ1) is 18.5.